The minimum atomic E-state index is -4.10. The van der Waals surface area contributed by atoms with Crippen molar-refractivity contribution >= 4 is 38.3 Å². The molecule has 11 heteroatoms. The van der Waals surface area contributed by atoms with Gasteiger partial charge in [-0.3, -0.25) is 4.79 Å². The van der Waals surface area contributed by atoms with Gasteiger partial charge in [0.2, 0.25) is 0 Å². The first-order chi connectivity index (χ1) is 17.0. The zero-order valence-electron chi connectivity index (χ0n) is 18.5. The molecule has 0 aliphatic carbocycles. The molecule has 1 aliphatic rings. The number of nitrogens with zero attached hydrogens (tertiary/aromatic N) is 5. The van der Waals surface area contributed by atoms with E-state index in [9.17, 15) is 18.5 Å². The molecular weight excluding hydrogens is 466 g/mol. The molecule has 0 bridgehead atoms. The molecular formula is C24H21N7O3S. The van der Waals surface area contributed by atoms with Gasteiger partial charge < -0.3 is 15.5 Å². The molecule has 1 saturated heterocycles. The molecule has 2 N–H and O–H groups in total. The molecule has 0 radical (unpaired) electrons. The first kappa shape index (κ1) is 22.5. The number of anilines is 2. The van der Waals surface area contributed by atoms with Gasteiger partial charge in [0.15, 0.2) is 0 Å². The summed E-state index contributed by atoms with van der Waals surface area (Å²) in [4.78, 5) is 18.7. The Balaban J connectivity index is 1.41. The van der Waals surface area contributed by atoms with Crippen molar-refractivity contribution in [3.8, 4) is 6.07 Å². The smallest absolute Gasteiger partial charge is 0.284 e. The summed E-state index contributed by atoms with van der Waals surface area (Å²) in [6.45, 7) is 2.93. The van der Waals surface area contributed by atoms with E-state index in [1.165, 1.54) is 24.5 Å². The van der Waals surface area contributed by atoms with Crippen molar-refractivity contribution in [3.05, 3.63) is 78.1 Å². The maximum absolute atomic E-state index is 13.3. The van der Waals surface area contributed by atoms with Gasteiger partial charge in [-0.1, -0.05) is 12.1 Å². The minimum Gasteiger partial charge on any atom is -0.340 e. The highest BCUT2D eigenvalue weighted by molar-refractivity contribution is 7.90. The summed E-state index contributed by atoms with van der Waals surface area (Å²) < 4.78 is 27.4. The number of carbonyl (C=O) groups excluding carboxylic acids is 1. The van der Waals surface area contributed by atoms with Crippen molar-refractivity contribution in [1.82, 2.24) is 24.4 Å². The number of pyridine rings is 1. The van der Waals surface area contributed by atoms with Crippen molar-refractivity contribution < 1.29 is 13.2 Å². The molecule has 10 nitrogen and oxygen atoms in total. The standard InChI is InChI=1S/C24H21N7O3S/c25-14-18-3-1-2-4-22(18)35(33,34)31-21-13-23(27-15-19(21)16-28-31)29-20-7-5-17(6-8-20)24(32)30-11-9-26-10-12-30/h1-8,13,15-16,26H,9-12H2,(H,27,29). The third kappa shape index (κ3) is 4.32. The maximum atomic E-state index is 13.3. The van der Waals surface area contributed by atoms with Crippen LogP contribution in [0.15, 0.2) is 71.9 Å². The van der Waals surface area contributed by atoms with Gasteiger partial charge in [-0.2, -0.15) is 22.9 Å². The number of amides is 1. The number of nitriles is 1. The third-order valence-electron chi connectivity index (χ3n) is 5.74. The molecule has 176 valence electrons. The quantitative estimate of drug-likeness (QED) is 0.438. The van der Waals surface area contributed by atoms with Crippen molar-refractivity contribution in [2.75, 3.05) is 31.5 Å². The highest BCUT2D eigenvalue weighted by Crippen LogP contribution is 2.25. The van der Waals surface area contributed by atoms with Crippen LogP contribution in [0.4, 0.5) is 11.5 Å². The summed E-state index contributed by atoms with van der Waals surface area (Å²) in [6.07, 6.45) is 2.93. The lowest BCUT2D eigenvalue weighted by molar-refractivity contribution is 0.0736. The minimum absolute atomic E-state index is 0.00986. The van der Waals surface area contributed by atoms with Crippen molar-refractivity contribution in [3.63, 3.8) is 0 Å². The van der Waals surface area contributed by atoms with Crippen LogP contribution in [-0.2, 0) is 10.0 Å². The Bertz CT molecular complexity index is 1550. The SMILES string of the molecule is N#Cc1ccccc1S(=O)(=O)n1ncc2cnc(Nc3ccc(C(=O)N4CCNCC4)cc3)cc21. The van der Waals surface area contributed by atoms with Gasteiger partial charge in [0.1, 0.15) is 16.8 Å². The number of hydrogen-bond donors (Lipinski definition) is 2. The van der Waals surface area contributed by atoms with Crippen LogP contribution >= 0.6 is 0 Å². The predicted octanol–water partition coefficient (Wildman–Crippen LogP) is 2.33. The van der Waals surface area contributed by atoms with E-state index in [0.717, 1.165) is 17.2 Å². The second-order valence-electron chi connectivity index (χ2n) is 7.97. The summed E-state index contributed by atoms with van der Waals surface area (Å²) >= 11 is 0. The average molecular weight is 488 g/mol. The lowest BCUT2D eigenvalue weighted by Crippen LogP contribution is -2.46. The number of piperazine rings is 1. The van der Waals surface area contributed by atoms with Crippen LogP contribution in [0.5, 0.6) is 0 Å². The zero-order valence-corrected chi connectivity index (χ0v) is 19.4. The first-order valence-electron chi connectivity index (χ1n) is 10.9. The molecule has 3 heterocycles. The van der Waals surface area contributed by atoms with Gasteiger partial charge in [-0.15, -0.1) is 0 Å². The number of aromatic nitrogens is 3. The van der Waals surface area contributed by atoms with Crippen molar-refractivity contribution in [2.45, 2.75) is 4.90 Å². The topological polar surface area (TPSA) is 133 Å². The molecule has 2 aromatic carbocycles. The molecule has 1 fully saturated rings. The van der Waals surface area contributed by atoms with Crippen LogP contribution in [0, 0.1) is 11.3 Å². The van der Waals surface area contributed by atoms with E-state index in [-0.39, 0.29) is 16.4 Å². The van der Waals surface area contributed by atoms with Crippen LogP contribution in [0.25, 0.3) is 10.9 Å². The number of hydrogen-bond acceptors (Lipinski definition) is 8. The normalized spacial score (nSPS) is 14.0. The summed E-state index contributed by atoms with van der Waals surface area (Å²) in [5.74, 6) is 0.397. The highest BCUT2D eigenvalue weighted by atomic mass is 32.2. The number of rotatable bonds is 5. The van der Waals surface area contributed by atoms with E-state index in [1.54, 1.807) is 42.5 Å². The second-order valence-corrected chi connectivity index (χ2v) is 9.71. The van der Waals surface area contributed by atoms with Crippen molar-refractivity contribution in [1.29, 1.82) is 5.26 Å². The number of nitrogens with one attached hydrogen (secondary N) is 2. The fraction of sp³-hybridized carbons (Fsp3) is 0.167. The molecule has 0 atom stereocenters. The maximum Gasteiger partial charge on any atom is 0.284 e. The molecule has 5 rings (SSSR count). The highest BCUT2D eigenvalue weighted by Gasteiger charge is 2.24. The fourth-order valence-electron chi connectivity index (χ4n) is 3.93. The molecule has 2 aromatic heterocycles. The monoisotopic (exact) mass is 487 g/mol. The van der Waals surface area contributed by atoms with Gasteiger partial charge in [-0.25, -0.2) is 4.98 Å². The van der Waals surface area contributed by atoms with E-state index in [2.05, 4.69) is 20.7 Å². The van der Waals surface area contributed by atoms with Gasteiger partial charge in [0.05, 0.1) is 17.3 Å². The summed E-state index contributed by atoms with van der Waals surface area (Å²) in [6, 6.07) is 16.5. The average Bonchev–Trinajstić information content (AvgIpc) is 3.33. The Hall–Kier alpha value is -4.27. The summed E-state index contributed by atoms with van der Waals surface area (Å²) in [7, 11) is -4.10. The van der Waals surface area contributed by atoms with Crippen LogP contribution in [0.1, 0.15) is 15.9 Å². The van der Waals surface area contributed by atoms with E-state index >= 15 is 0 Å². The number of carbonyl (C=O) groups is 1. The first-order valence-corrected chi connectivity index (χ1v) is 12.4. The van der Waals surface area contributed by atoms with E-state index in [1.807, 2.05) is 11.0 Å². The largest absolute Gasteiger partial charge is 0.340 e. The van der Waals surface area contributed by atoms with Gasteiger partial charge in [-0.05, 0) is 36.4 Å². The van der Waals surface area contributed by atoms with Gasteiger partial charge >= 0.3 is 0 Å². The zero-order chi connectivity index (χ0) is 24.4. The molecule has 1 aliphatic heterocycles. The summed E-state index contributed by atoms with van der Waals surface area (Å²) in [5.41, 5.74) is 1.65. The van der Waals surface area contributed by atoms with Crippen LogP contribution in [0.2, 0.25) is 0 Å². The molecule has 0 unspecified atom stereocenters. The predicted molar refractivity (Wildman–Crippen MR) is 130 cm³/mol. The fourth-order valence-corrected chi connectivity index (χ4v) is 5.35. The number of fused-ring (bicyclic) bond motifs is 1. The summed E-state index contributed by atoms with van der Waals surface area (Å²) in [5, 5.41) is 20.3. The Labute approximate surface area is 201 Å². The van der Waals surface area contributed by atoms with Crippen LogP contribution in [0.3, 0.4) is 0 Å². The Morgan fingerprint density at radius 3 is 2.54 bits per heavy atom. The van der Waals surface area contributed by atoms with Gasteiger partial charge in [0, 0.05) is 55.1 Å². The molecule has 4 aromatic rings. The third-order valence-corrected chi connectivity index (χ3v) is 7.40. The molecule has 35 heavy (non-hydrogen) atoms. The van der Waals surface area contributed by atoms with Gasteiger partial charge in [0.25, 0.3) is 15.9 Å². The van der Waals surface area contributed by atoms with Crippen molar-refractivity contribution in [2.24, 2.45) is 0 Å². The van der Waals surface area contributed by atoms with E-state index in [4.69, 9.17) is 0 Å². The van der Waals surface area contributed by atoms with Crippen LogP contribution < -0.4 is 10.6 Å². The lowest BCUT2D eigenvalue weighted by atomic mass is 10.1. The number of benzene rings is 2. The lowest BCUT2D eigenvalue weighted by Gasteiger charge is -2.27. The molecule has 0 spiro atoms. The molecule has 0 saturated carbocycles. The van der Waals surface area contributed by atoms with E-state index < -0.39 is 10.0 Å². The molecule has 1 amide bonds. The van der Waals surface area contributed by atoms with E-state index in [0.29, 0.717) is 41.1 Å². The Morgan fingerprint density at radius 1 is 1.06 bits per heavy atom. The Kier molecular flexibility index (Phi) is 5.90. The second kappa shape index (κ2) is 9.17. The Morgan fingerprint density at radius 2 is 1.80 bits per heavy atom. The van der Waals surface area contributed by atoms with Crippen LogP contribution in [-0.4, -0.2) is 59.6 Å².